The second kappa shape index (κ2) is 7.08. The van der Waals surface area contributed by atoms with Gasteiger partial charge in [0.15, 0.2) is 14.6 Å². The van der Waals surface area contributed by atoms with E-state index >= 15 is 0 Å². The lowest BCUT2D eigenvalue weighted by atomic mass is 10.3. The molecule has 0 N–H and O–H groups in total. The van der Waals surface area contributed by atoms with Gasteiger partial charge < -0.3 is 13.9 Å². The second-order valence-electron chi connectivity index (χ2n) is 5.73. The van der Waals surface area contributed by atoms with Crippen molar-refractivity contribution in [3.63, 3.8) is 0 Å². The van der Waals surface area contributed by atoms with Crippen LogP contribution in [0.1, 0.15) is 10.6 Å². The average molecular weight is 408 g/mol. The standard InChI is InChI=1S/C16H16N4O5S2/c1-19-7-6-17-14(19)15(22)18-16-20(9-13(21)25-2)11-5-4-10(27(3,23)24)8-12(11)26-16/h4-8H,9H2,1-3H3. The fraction of sp³-hybridized carbons (Fsp3) is 0.250. The zero-order valence-electron chi connectivity index (χ0n) is 14.7. The number of amides is 1. The molecule has 0 spiro atoms. The maximum absolute atomic E-state index is 12.4. The largest absolute Gasteiger partial charge is 0.468 e. The van der Waals surface area contributed by atoms with Gasteiger partial charge in [-0.05, 0) is 18.2 Å². The molecule has 0 atom stereocenters. The maximum atomic E-state index is 12.4. The van der Waals surface area contributed by atoms with E-state index in [0.717, 1.165) is 17.6 Å². The first-order valence-corrected chi connectivity index (χ1v) is 10.4. The van der Waals surface area contributed by atoms with E-state index in [0.29, 0.717) is 10.2 Å². The number of imidazole rings is 1. The molecule has 142 valence electrons. The minimum absolute atomic E-state index is 0.142. The summed E-state index contributed by atoms with van der Waals surface area (Å²) in [5, 5.41) is 0. The van der Waals surface area contributed by atoms with Gasteiger partial charge in [-0.15, -0.1) is 0 Å². The maximum Gasteiger partial charge on any atom is 0.325 e. The molecule has 0 unspecified atom stereocenters. The Morgan fingerprint density at radius 2 is 2.07 bits per heavy atom. The van der Waals surface area contributed by atoms with Crippen molar-refractivity contribution in [3.05, 3.63) is 41.2 Å². The third kappa shape index (κ3) is 3.83. The van der Waals surface area contributed by atoms with Crippen LogP contribution in [0.2, 0.25) is 0 Å². The summed E-state index contributed by atoms with van der Waals surface area (Å²) >= 11 is 1.10. The Balaban J connectivity index is 2.21. The van der Waals surface area contributed by atoms with Crippen LogP contribution in [0.5, 0.6) is 0 Å². The van der Waals surface area contributed by atoms with Gasteiger partial charge >= 0.3 is 11.9 Å². The van der Waals surface area contributed by atoms with Crippen molar-refractivity contribution in [2.75, 3.05) is 13.4 Å². The van der Waals surface area contributed by atoms with E-state index in [2.05, 4.69) is 9.98 Å². The number of hydrogen-bond acceptors (Lipinski definition) is 7. The Bertz CT molecular complexity index is 1220. The molecule has 0 fully saturated rings. The number of nitrogens with zero attached hydrogens (tertiary/aromatic N) is 4. The van der Waals surface area contributed by atoms with Crippen LogP contribution in [0.4, 0.5) is 0 Å². The molecule has 11 heteroatoms. The van der Waals surface area contributed by atoms with Crippen LogP contribution in [0, 0.1) is 0 Å². The monoisotopic (exact) mass is 408 g/mol. The molecule has 0 saturated carbocycles. The van der Waals surface area contributed by atoms with Crippen LogP contribution in [-0.2, 0) is 33.0 Å². The van der Waals surface area contributed by atoms with Crippen LogP contribution in [0.15, 0.2) is 40.5 Å². The molecule has 0 bridgehead atoms. The molecule has 3 aromatic rings. The van der Waals surface area contributed by atoms with Crippen LogP contribution < -0.4 is 4.80 Å². The Morgan fingerprint density at radius 1 is 1.33 bits per heavy atom. The SMILES string of the molecule is COC(=O)Cn1c(=NC(=O)c2nccn2C)sc2cc(S(C)(=O)=O)ccc21. The molecule has 9 nitrogen and oxygen atoms in total. The molecular formula is C16H16N4O5S2. The number of aryl methyl sites for hydroxylation is 1. The second-order valence-corrected chi connectivity index (χ2v) is 8.75. The van der Waals surface area contributed by atoms with Crippen molar-refractivity contribution in [1.82, 2.24) is 14.1 Å². The first-order valence-electron chi connectivity index (χ1n) is 7.67. The highest BCUT2D eigenvalue weighted by molar-refractivity contribution is 7.90. The van der Waals surface area contributed by atoms with Crippen LogP contribution in [0.3, 0.4) is 0 Å². The predicted molar refractivity (Wildman–Crippen MR) is 98.0 cm³/mol. The zero-order chi connectivity index (χ0) is 19.8. The quantitative estimate of drug-likeness (QED) is 0.589. The molecule has 0 aliphatic heterocycles. The minimum atomic E-state index is -3.39. The number of esters is 1. The first kappa shape index (κ1) is 19.0. The van der Waals surface area contributed by atoms with Crippen molar-refractivity contribution in [2.45, 2.75) is 11.4 Å². The Hall–Kier alpha value is -2.79. The van der Waals surface area contributed by atoms with E-state index in [1.54, 1.807) is 19.3 Å². The van der Waals surface area contributed by atoms with Crippen LogP contribution in [-0.4, -0.2) is 47.8 Å². The van der Waals surface area contributed by atoms with E-state index in [4.69, 9.17) is 4.74 Å². The molecule has 2 heterocycles. The number of hydrogen-bond donors (Lipinski definition) is 0. The number of ether oxygens (including phenoxy) is 1. The Kier molecular flexibility index (Phi) is 4.98. The summed E-state index contributed by atoms with van der Waals surface area (Å²) in [5.41, 5.74) is 0.573. The number of rotatable bonds is 4. The topological polar surface area (TPSA) is 113 Å². The van der Waals surface area contributed by atoms with E-state index in [1.807, 2.05) is 0 Å². The van der Waals surface area contributed by atoms with Crippen molar-refractivity contribution in [2.24, 2.45) is 12.0 Å². The number of benzene rings is 1. The number of aromatic nitrogens is 3. The highest BCUT2D eigenvalue weighted by Gasteiger charge is 2.16. The minimum Gasteiger partial charge on any atom is -0.468 e. The number of sulfone groups is 1. The van der Waals surface area contributed by atoms with Crippen molar-refractivity contribution in [3.8, 4) is 0 Å². The molecule has 27 heavy (non-hydrogen) atoms. The Labute approximate surface area is 158 Å². The van der Waals surface area contributed by atoms with Crippen LogP contribution in [0.25, 0.3) is 10.2 Å². The third-order valence-electron chi connectivity index (χ3n) is 3.81. The summed E-state index contributed by atoms with van der Waals surface area (Å²) in [5.74, 6) is -0.947. The van der Waals surface area contributed by atoms with E-state index in [-0.39, 0.29) is 22.1 Å². The lowest BCUT2D eigenvalue weighted by Crippen LogP contribution is -2.23. The number of fused-ring (bicyclic) bond motifs is 1. The van der Waals surface area contributed by atoms with Gasteiger partial charge in [-0.25, -0.2) is 13.4 Å². The lowest BCUT2D eigenvalue weighted by Gasteiger charge is -2.04. The summed E-state index contributed by atoms with van der Waals surface area (Å²) in [6, 6.07) is 4.52. The predicted octanol–water partition coefficient (Wildman–Crippen LogP) is 0.754. The number of thiazole rings is 1. The highest BCUT2D eigenvalue weighted by atomic mass is 32.2. The zero-order valence-corrected chi connectivity index (χ0v) is 16.4. The number of carbonyl (C=O) groups excluding carboxylic acids is 2. The van der Waals surface area contributed by atoms with E-state index in [1.165, 1.54) is 34.6 Å². The van der Waals surface area contributed by atoms with Gasteiger partial charge in [0.1, 0.15) is 6.54 Å². The summed E-state index contributed by atoms with van der Waals surface area (Å²) in [6.07, 6.45) is 4.21. The average Bonchev–Trinajstić information content (AvgIpc) is 3.17. The first-order chi connectivity index (χ1) is 12.7. The molecule has 1 amide bonds. The third-order valence-corrected chi connectivity index (χ3v) is 5.96. The number of methoxy groups -OCH3 is 1. The summed E-state index contributed by atoms with van der Waals surface area (Å²) in [4.78, 5) is 32.7. The summed E-state index contributed by atoms with van der Waals surface area (Å²) in [7, 11) is -0.468. The number of carbonyl (C=O) groups is 2. The fourth-order valence-electron chi connectivity index (χ4n) is 2.42. The normalized spacial score (nSPS) is 12.5. The van der Waals surface area contributed by atoms with Gasteiger partial charge in [-0.1, -0.05) is 11.3 Å². The van der Waals surface area contributed by atoms with Crippen molar-refractivity contribution < 1.29 is 22.7 Å². The molecule has 3 rings (SSSR count). The summed E-state index contributed by atoms with van der Waals surface area (Å²) < 4.78 is 31.9. The van der Waals surface area contributed by atoms with Gasteiger partial charge in [0.2, 0.25) is 5.82 Å². The van der Waals surface area contributed by atoms with Crippen molar-refractivity contribution in [1.29, 1.82) is 0 Å². The molecule has 0 aliphatic carbocycles. The van der Waals surface area contributed by atoms with Gasteiger partial charge in [0.25, 0.3) is 0 Å². The Morgan fingerprint density at radius 3 is 2.67 bits per heavy atom. The molecule has 0 aliphatic rings. The smallest absolute Gasteiger partial charge is 0.325 e. The molecular weight excluding hydrogens is 392 g/mol. The molecule has 0 radical (unpaired) electrons. The molecule has 1 aromatic carbocycles. The van der Waals surface area contributed by atoms with E-state index in [9.17, 15) is 18.0 Å². The van der Waals surface area contributed by atoms with Crippen molar-refractivity contribution >= 4 is 43.3 Å². The molecule has 0 saturated heterocycles. The van der Waals surface area contributed by atoms with Gasteiger partial charge in [0, 0.05) is 25.7 Å². The van der Waals surface area contributed by atoms with Gasteiger partial charge in [-0.2, -0.15) is 4.99 Å². The fourth-order valence-corrected chi connectivity index (χ4v) is 4.21. The highest BCUT2D eigenvalue weighted by Crippen LogP contribution is 2.22. The lowest BCUT2D eigenvalue weighted by molar-refractivity contribution is -0.141. The van der Waals surface area contributed by atoms with E-state index < -0.39 is 21.7 Å². The van der Waals surface area contributed by atoms with Crippen LogP contribution >= 0.6 is 11.3 Å². The van der Waals surface area contributed by atoms with Gasteiger partial charge in [-0.3, -0.25) is 9.59 Å². The summed E-state index contributed by atoms with van der Waals surface area (Å²) in [6.45, 7) is -0.165. The molecule has 2 aromatic heterocycles. The van der Waals surface area contributed by atoms with Gasteiger partial charge in [0.05, 0.1) is 22.2 Å².